The molecule has 26 heavy (non-hydrogen) atoms. The lowest BCUT2D eigenvalue weighted by Crippen LogP contribution is -2.43. The van der Waals surface area contributed by atoms with Crippen molar-refractivity contribution >= 4 is 35.8 Å². The third-order valence-electron chi connectivity index (χ3n) is 3.40. The molecule has 0 aliphatic carbocycles. The Labute approximate surface area is 155 Å². The zero-order valence-corrected chi connectivity index (χ0v) is 15.1. The maximum absolute atomic E-state index is 14.4. The highest BCUT2D eigenvalue weighted by molar-refractivity contribution is 7.71. The van der Waals surface area contributed by atoms with Gasteiger partial charge in [-0.25, -0.2) is 23.3 Å². The van der Waals surface area contributed by atoms with E-state index in [4.69, 9.17) is 29.6 Å². The number of halogens is 2. The van der Waals surface area contributed by atoms with E-state index < -0.39 is 46.9 Å². The lowest BCUT2D eigenvalue weighted by Gasteiger charge is -2.12. The smallest absolute Gasteiger partial charge is 0.347 e. The summed E-state index contributed by atoms with van der Waals surface area (Å²) in [6.45, 7) is -0.562. The van der Waals surface area contributed by atoms with E-state index in [2.05, 4.69) is 4.74 Å². The molecule has 0 saturated carbocycles. The van der Waals surface area contributed by atoms with Crippen LogP contribution in [0.1, 0.15) is 10.4 Å². The summed E-state index contributed by atoms with van der Waals surface area (Å²) < 4.78 is 21.1. The fraction of sp³-hybridized carbons (Fsp3) is 0.214. The van der Waals surface area contributed by atoms with E-state index in [1.165, 1.54) is 14.1 Å². The summed E-state index contributed by atoms with van der Waals surface area (Å²) in [5.74, 6) is -3.29. The van der Waals surface area contributed by atoms with Crippen molar-refractivity contribution in [3.8, 4) is 5.69 Å². The third-order valence-corrected chi connectivity index (χ3v) is 4.26. The van der Waals surface area contributed by atoms with Gasteiger partial charge in [-0.15, -0.1) is 0 Å². The standard InChI is InChI=1S/C14H12ClFN4O5S/c1-18-12(23)20(13(24)19(2)14(18)26)9-3-6(7(15)4-8(9)16)11(22)25-10(21)5-17/h3-4H,5,17H2,1-2H3. The van der Waals surface area contributed by atoms with E-state index in [0.717, 1.165) is 15.2 Å². The van der Waals surface area contributed by atoms with E-state index in [-0.39, 0.29) is 9.79 Å². The molecular formula is C14H12ClFN4O5S. The SMILES string of the molecule is Cn1c(=S)n(C)c(=O)n(-c2cc(C(=O)OC(=O)CN)c(Cl)cc2F)c1=O. The van der Waals surface area contributed by atoms with E-state index in [1.54, 1.807) is 0 Å². The van der Waals surface area contributed by atoms with Crippen molar-refractivity contribution in [3.05, 3.63) is 54.3 Å². The zero-order valence-electron chi connectivity index (χ0n) is 13.5. The maximum atomic E-state index is 14.4. The number of rotatable bonds is 3. The molecule has 138 valence electrons. The average molecular weight is 403 g/mol. The number of hydrogen-bond donors (Lipinski definition) is 1. The van der Waals surface area contributed by atoms with E-state index in [9.17, 15) is 23.6 Å². The minimum atomic E-state index is -1.21. The highest BCUT2D eigenvalue weighted by Gasteiger charge is 2.22. The van der Waals surface area contributed by atoms with Gasteiger partial charge in [0.05, 0.1) is 22.8 Å². The Morgan fingerprint density at radius 1 is 1.23 bits per heavy atom. The van der Waals surface area contributed by atoms with Crippen molar-refractivity contribution in [2.75, 3.05) is 6.54 Å². The normalized spacial score (nSPS) is 10.7. The third kappa shape index (κ3) is 3.36. The number of carbonyl (C=O) groups excluding carboxylic acids is 2. The molecule has 2 N–H and O–H groups in total. The molecule has 0 saturated heterocycles. The number of ether oxygens (including phenoxy) is 1. The molecule has 0 fully saturated rings. The van der Waals surface area contributed by atoms with Gasteiger partial charge in [0.25, 0.3) is 0 Å². The van der Waals surface area contributed by atoms with Crippen molar-refractivity contribution in [2.24, 2.45) is 19.8 Å². The van der Waals surface area contributed by atoms with Gasteiger partial charge in [-0.2, -0.15) is 0 Å². The molecular weight excluding hydrogens is 391 g/mol. The molecule has 0 spiro atoms. The quantitative estimate of drug-likeness (QED) is 0.437. The van der Waals surface area contributed by atoms with E-state index in [0.29, 0.717) is 10.6 Å². The van der Waals surface area contributed by atoms with Crippen molar-refractivity contribution in [3.63, 3.8) is 0 Å². The molecule has 12 heteroatoms. The van der Waals surface area contributed by atoms with Crippen LogP contribution in [0.3, 0.4) is 0 Å². The fourth-order valence-electron chi connectivity index (χ4n) is 2.04. The van der Waals surface area contributed by atoms with Gasteiger partial charge in [0.2, 0.25) is 0 Å². The number of hydrogen-bond acceptors (Lipinski definition) is 7. The lowest BCUT2D eigenvalue weighted by molar-refractivity contribution is -0.136. The monoisotopic (exact) mass is 402 g/mol. The van der Waals surface area contributed by atoms with Crippen LogP contribution in [0.15, 0.2) is 21.7 Å². The van der Waals surface area contributed by atoms with Gasteiger partial charge in [0, 0.05) is 14.1 Å². The Bertz CT molecular complexity index is 1060. The Morgan fingerprint density at radius 2 is 1.77 bits per heavy atom. The number of benzene rings is 1. The minimum Gasteiger partial charge on any atom is -0.388 e. The van der Waals surface area contributed by atoms with Gasteiger partial charge in [0.15, 0.2) is 4.77 Å². The second-order valence-electron chi connectivity index (χ2n) is 5.05. The topological polar surface area (TPSA) is 118 Å². The highest BCUT2D eigenvalue weighted by Crippen LogP contribution is 2.23. The Hall–Kier alpha value is -2.63. The van der Waals surface area contributed by atoms with Crippen molar-refractivity contribution in [1.29, 1.82) is 0 Å². The molecule has 0 atom stereocenters. The predicted molar refractivity (Wildman–Crippen MR) is 91.5 cm³/mol. The van der Waals surface area contributed by atoms with E-state index >= 15 is 0 Å². The molecule has 0 aliphatic rings. The summed E-state index contributed by atoms with van der Waals surface area (Å²) in [6, 6.07) is 1.55. The molecule has 0 unspecified atom stereocenters. The number of nitrogens with two attached hydrogens (primary N) is 1. The Kier molecular flexibility index (Phi) is 5.54. The van der Waals surface area contributed by atoms with E-state index in [1.807, 2.05) is 0 Å². The van der Waals surface area contributed by atoms with Gasteiger partial charge in [-0.1, -0.05) is 11.6 Å². The molecule has 2 rings (SSSR count). The number of esters is 2. The van der Waals surface area contributed by atoms with Crippen LogP contribution < -0.4 is 17.1 Å². The van der Waals surface area contributed by atoms with Crippen molar-refractivity contribution in [1.82, 2.24) is 13.7 Å². The molecule has 0 amide bonds. The second-order valence-corrected chi connectivity index (χ2v) is 5.82. The zero-order chi connectivity index (χ0) is 19.8. The molecule has 0 radical (unpaired) electrons. The number of aromatic nitrogens is 3. The molecule has 2 aromatic rings. The minimum absolute atomic E-state index is 0.0844. The molecule has 0 aliphatic heterocycles. The van der Waals surface area contributed by atoms with Gasteiger partial charge in [-0.3, -0.25) is 13.9 Å². The summed E-state index contributed by atoms with van der Waals surface area (Å²) in [4.78, 5) is 47.9. The number of carbonyl (C=O) groups is 2. The molecule has 1 heterocycles. The Morgan fingerprint density at radius 3 is 2.27 bits per heavy atom. The van der Waals surface area contributed by atoms with Crippen LogP contribution in [0.5, 0.6) is 0 Å². The lowest BCUT2D eigenvalue weighted by atomic mass is 10.2. The van der Waals surface area contributed by atoms with Crippen LogP contribution in [0.2, 0.25) is 5.02 Å². The van der Waals surface area contributed by atoms with Crippen LogP contribution in [-0.2, 0) is 23.6 Å². The van der Waals surface area contributed by atoms with Crippen molar-refractivity contribution in [2.45, 2.75) is 0 Å². The largest absolute Gasteiger partial charge is 0.388 e. The summed E-state index contributed by atoms with van der Waals surface area (Å²) in [5, 5.41) is -0.379. The first-order valence-corrected chi connectivity index (χ1v) is 7.72. The molecule has 1 aromatic heterocycles. The first kappa shape index (κ1) is 19.7. The first-order valence-electron chi connectivity index (χ1n) is 6.93. The predicted octanol–water partition coefficient (Wildman–Crippen LogP) is 0.0388. The highest BCUT2D eigenvalue weighted by atomic mass is 35.5. The average Bonchev–Trinajstić information content (AvgIpc) is 2.59. The second kappa shape index (κ2) is 7.32. The Balaban J connectivity index is 2.78. The first-order chi connectivity index (χ1) is 12.1. The molecule has 1 aromatic carbocycles. The maximum Gasteiger partial charge on any atom is 0.347 e. The summed E-state index contributed by atoms with van der Waals surface area (Å²) in [6.07, 6.45) is 0. The fourth-order valence-corrected chi connectivity index (χ4v) is 2.43. The van der Waals surface area contributed by atoms with Crippen molar-refractivity contribution < 1.29 is 18.7 Å². The number of nitrogens with zero attached hydrogens (tertiary/aromatic N) is 3. The summed E-state index contributed by atoms with van der Waals surface area (Å²) >= 11 is 10.7. The van der Waals surface area contributed by atoms with Crippen LogP contribution in [-0.4, -0.2) is 32.2 Å². The van der Waals surface area contributed by atoms with Gasteiger partial charge >= 0.3 is 23.3 Å². The van der Waals surface area contributed by atoms with Crippen LogP contribution >= 0.6 is 23.8 Å². The van der Waals surface area contributed by atoms with Gasteiger partial charge in [-0.05, 0) is 24.4 Å². The van der Waals surface area contributed by atoms with Crippen LogP contribution in [0, 0.1) is 10.6 Å². The van der Waals surface area contributed by atoms with Gasteiger partial charge in [0.1, 0.15) is 5.82 Å². The van der Waals surface area contributed by atoms with Crippen LogP contribution in [0.4, 0.5) is 4.39 Å². The molecule has 0 bridgehead atoms. The molecule has 9 nitrogen and oxygen atoms in total. The van der Waals surface area contributed by atoms with Crippen LogP contribution in [0.25, 0.3) is 5.69 Å². The van der Waals surface area contributed by atoms with Gasteiger partial charge < -0.3 is 10.5 Å². The summed E-state index contributed by atoms with van der Waals surface area (Å²) in [7, 11) is 2.59. The summed E-state index contributed by atoms with van der Waals surface area (Å²) in [5.41, 5.74) is 2.19.